The summed E-state index contributed by atoms with van der Waals surface area (Å²) in [4.78, 5) is 39.0. The average Bonchev–Trinajstić information content (AvgIpc) is 3.43. The highest BCUT2D eigenvalue weighted by molar-refractivity contribution is 8.25. The van der Waals surface area contributed by atoms with E-state index in [2.05, 4.69) is 4.98 Å². The summed E-state index contributed by atoms with van der Waals surface area (Å²) in [6.45, 7) is 0.838. The van der Waals surface area contributed by atoms with Crippen LogP contribution in [0.25, 0.3) is 0 Å². The lowest BCUT2D eigenvalue weighted by molar-refractivity contribution is -0.139. The Labute approximate surface area is 225 Å². The number of carbonyl (C=O) groups excluding carboxylic acids is 2. The minimum absolute atomic E-state index is 0.144. The van der Waals surface area contributed by atoms with Crippen molar-refractivity contribution in [1.82, 2.24) is 14.8 Å². The molecule has 4 heterocycles. The van der Waals surface area contributed by atoms with E-state index in [1.165, 1.54) is 11.8 Å². The van der Waals surface area contributed by atoms with Crippen LogP contribution in [0.4, 0.5) is 5.69 Å². The van der Waals surface area contributed by atoms with Crippen molar-refractivity contribution in [2.45, 2.75) is 22.7 Å². The SMILES string of the molecule is COc1ccc2c(c1)[C@@]1(C(=O)N2C)N(C)C[C@@H](c2cccnc2)[C@@]12SC(=S)N(Cc1ccccc1)C2=O. The third-order valence-corrected chi connectivity index (χ3v) is 9.87. The first kappa shape index (κ1) is 24.1. The fraction of sp³-hybridized carbons (Fsp3) is 0.286. The van der Waals surface area contributed by atoms with Gasteiger partial charge in [0.25, 0.3) is 5.91 Å². The molecule has 2 saturated heterocycles. The lowest BCUT2D eigenvalue weighted by Gasteiger charge is -2.42. The van der Waals surface area contributed by atoms with Gasteiger partial charge in [0.15, 0.2) is 5.54 Å². The van der Waals surface area contributed by atoms with Crippen molar-refractivity contribution in [3.8, 4) is 5.75 Å². The number of carbonyl (C=O) groups is 2. The van der Waals surface area contributed by atoms with Gasteiger partial charge in [-0.05, 0) is 42.4 Å². The molecular formula is C28H26N4O3S2. The minimum Gasteiger partial charge on any atom is -0.497 e. The number of benzene rings is 2. The summed E-state index contributed by atoms with van der Waals surface area (Å²) in [5, 5.41) is 0. The Balaban J connectivity index is 1.60. The van der Waals surface area contributed by atoms with Gasteiger partial charge in [0.1, 0.15) is 14.8 Å². The summed E-state index contributed by atoms with van der Waals surface area (Å²) in [5.74, 6) is 0.0162. The molecule has 0 N–H and O–H groups in total. The molecule has 3 aliphatic heterocycles. The lowest BCUT2D eigenvalue weighted by atomic mass is 9.72. The van der Waals surface area contributed by atoms with Crippen LogP contribution in [0.3, 0.4) is 0 Å². The fourth-order valence-corrected chi connectivity index (χ4v) is 8.41. The van der Waals surface area contributed by atoms with E-state index in [1.807, 2.05) is 72.6 Å². The zero-order chi connectivity index (χ0) is 25.9. The molecule has 2 fully saturated rings. The van der Waals surface area contributed by atoms with Crippen LogP contribution in [0, 0.1) is 0 Å². The second-order valence-electron chi connectivity index (χ2n) is 9.66. The Bertz CT molecular complexity index is 1420. The molecule has 9 heteroatoms. The highest BCUT2D eigenvalue weighted by Crippen LogP contribution is 2.66. The first-order chi connectivity index (χ1) is 17.9. The van der Waals surface area contributed by atoms with Crippen LogP contribution in [0.2, 0.25) is 0 Å². The molecule has 6 rings (SSSR count). The number of fused-ring (bicyclic) bond motifs is 3. The summed E-state index contributed by atoms with van der Waals surface area (Å²) in [7, 11) is 5.30. The van der Waals surface area contributed by atoms with Gasteiger partial charge in [-0.25, -0.2) is 0 Å². The molecule has 3 aromatic rings. The third-order valence-electron chi connectivity index (χ3n) is 7.93. The number of nitrogens with zero attached hydrogens (tertiary/aromatic N) is 4. The van der Waals surface area contributed by atoms with Crippen molar-refractivity contribution in [2.75, 3.05) is 32.6 Å². The molecule has 2 spiro atoms. The highest BCUT2D eigenvalue weighted by Gasteiger charge is 2.78. The van der Waals surface area contributed by atoms with Crippen LogP contribution in [-0.4, -0.2) is 63.4 Å². The Morgan fingerprint density at radius 2 is 1.86 bits per heavy atom. The van der Waals surface area contributed by atoms with Crippen molar-refractivity contribution >= 4 is 45.8 Å². The Kier molecular flexibility index (Phi) is 5.63. The molecule has 0 aliphatic carbocycles. The maximum absolute atomic E-state index is 14.8. The molecule has 188 valence electrons. The van der Waals surface area contributed by atoms with Gasteiger partial charge in [-0.3, -0.25) is 24.4 Å². The number of thioether (sulfide) groups is 1. The van der Waals surface area contributed by atoms with Crippen molar-refractivity contribution in [2.24, 2.45) is 0 Å². The maximum atomic E-state index is 14.8. The van der Waals surface area contributed by atoms with Crippen LogP contribution in [-0.2, 0) is 21.7 Å². The van der Waals surface area contributed by atoms with Crippen molar-refractivity contribution in [3.63, 3.8) is 0 Å². The number of hydrogen-bond acceptors (Lipinski definition) is 7. The van der Waals surface area contributed by atoms with Gasteiger partial charge in [0, 0.05) is 43.2 Å². The number of thiocarbonyl (C=S) groups is 1. The molecule has 2 aromatic carbocycles. The first-order valence-electron chi connectivity index (χ1n) is 12.0. The van der Waals surface area contributed by atoms with Crippen LogP contribution in [0.1, 0.15) is 22.6 Å². The molecule has 1 aromatic heterocycles. The predicted octanol–water partition coefficient (Wildman–Crippen LogP) is 3.79. The number of aromatic nitrogens is 1. The van der Waals surface area contributed by atoms with Crippen molar-refractivity contribution < 1.29 is 14.3 Å². The van der Waals surface area contributed by atoms with Gasteiger partial charge < -0.3 is 9.64 Å². The summed E-state index contributed by atoms with van der Waals surface area (Å²) in [5.41, 5.74) is 2.14. The minimum atomic E-state index is -1.27. The lowest BCUT2D eigenvalue weighted by Crippen LogP contribution is -2.62. The smallest absolute Gasteiger partial charge is 0.254 e. The van der Waals surface area contributed by atoms with Crippen molar-refractivity contribution in [1.29, 1.82) is 0 Å². The fourth-order valence-electron chi connectivity index (χ4n) is 6.29. The van der Waals surface area contributed by atoms with E-state index in [1.54, 1.807) is 36.4 Å². The van der Waals surface area contributed by atoms with Crippen LogP contribution < -0.4 is 9.64 Å². The summed E-state index contributed by atoms with van der Waals surface area (Å²) < 4.78 is 4.83. The second kappa shape index (κ2) is 8.65. The van der Waals surface area contributed by atoms with Crippen LogP contribution in [0.15, 0.2) is 73.1 Å². The zero-order valence-electron chi connectivity index (χ0n) is 20.7. The number of hydrogen-bond donors (Lipinski definition) is 0. The van der Waals surface area contributed by atoms with Gasteiger partial charge in [-0.15, -0.1) is 0 Å². The molecular weight excluding hydrogens is 504 g/mol. The number of rotatable bonds is 4. The molecule has 3 atom stereocenters. The normalized spacial score (nSPS) is 27.1. The van der Waals surface area contributed by atoms with E-state index in [4.69, 9.17) is 17.0 Å². The van der Waals surface area contributed by atoms with E-state index in [0.29, 0.717) is 23.2 Å². The maximum Gasteiger partial charge on any atom is 0.254 e. The molecule has 0 radical (unpaired) electrons. The Morgan fingerprint density at radius 1 is 1.08 bits per heavy atom. The van der Waals surface area contributed by atoms with E-state index in [0.717, 1.165) is 22.4 Å². The quantitative estimate of drug-likeness (QED) is 0.476. The number of ether oxygens (including phenoxy) is 1. The zero-order valence-corrected chi connectivity index (χ0v) is 22.4. The monoisotopic (exact) mass is 530 g/mol. The Morgan fingerprint density at radius 3 is 2.57 bits per heavy atom. The average molecular weight is 531 g/mol. The van der Waals surface area contributed by atoms with Crippen molar-refractivity contribution in [3.05, 3.63) is 89.7 Å². The number of amides is 2. The summed E-state index contributed by atoms with van der Waals surface area (Å²) in [6.07, 6.45) is 3.51. The van der Waals surface area contributed by atoms with Gasteiger partial charge in [-0.2, -0.15) is 0 Å². The number of likely N-dealkylation sites (tertiary alicyclic amines) is 1. The highest BCUT2D eigenvalue weighted by atomic mass is 32.2. The first-order valence-corrected chi connectivity index (χ1v) is 13.3. The topological polar surface area (TPSA) is 66.0 Å². The van der Waals surface area contributed by atoms with Crippen LogP contribution in [0.5, 0.6) is 5.75 Å². The molecule has 37 heavy (non-hydrogen) atoms. The Hall–Kier alpha value is -3.27. The second-order valence-corrected chi connectivity index (χ2v) is 11.5. The third kappa shape index (κ3) is 3.11. The van der Waals surface area contributed by atoms with E-state index in [-0.39, 0.29) is 17.7 Å². The molecule has 7 nitrogen and oxygen atoms in total. The van der Waals surface area contributed by atoms with Gasteiger partial charge >= 0.3 is 0 Å². The number of methoxy groups -OCH3 is 1. The molecule has 0 bridgehead atoms. The number of anilines is 1. The largest absolute Gasteiger partial charge is 0.497 e. The molecule has 2 amide bonds. The molecule has 3 aliphatic rings. The van der Waals surface area contributed by atoms with Gasteiger partial charge in [-0.1, -0.05) is 60.4 Å². The number of pyridine rings is 1. The number of likely N-dealkylation sites (N-methyl/N-ethyl adjacent to an activating group) is 2. The molecule has 0 saturated carbocycles. The van der Waals surface area contributed by atoms with E-state index < -0.39 is 10.3 Å². The van der Waals surface area contributed by atoms with Gasteiger partial charge in [0.05, 0.1) is 13.7 Å². The summed E-state index contributed by atoms with van der Waals surface area (Å²) in [6, 6.07) is 19.3. The molecule has 0 unspecified atom stereocenters. The standard InChI is InChI=1S/C28H26N4O3S2/c1-30-17-22(19-10-7-13-29-15-19)28(25(34)32(26(36)37-28)16-18-8-5-4-6-9-18)27(30)21-14-20(35-3)11-12-23(21)31(2)24(27)33/h4-15,22H,16-17H2,1-3H3/t22-,27-,28-/m0/s1. The summed E-state index contributed by atoms with van der Waals surface area (Å²) >= 11 is 7.23. The predicted molar refractivity (Wildman–Crippen MR) is 148 cm³/mol. The van der Waals surface area contributed by atoms with E-state index in [9.17, 15) is 9.59 Å². The van der Waals surface area contributed by atoms with E-state index >= 15 is 0 Å². The van der Waals surface area contributed by atoms with Gasteiger partial charge in [0.2, 0.25) is 5.91 Å². The van der Waals surface area contributed by atoms with Crippen LogP contribution >= 0.6 is 24.0 Å².